The maximum atomic E-state index is 12.7. The average molecular weight is 1170 g/mol. The molecule has 6 aromatic rings. The summed E-state index contributed by atoms with van der Waals surface area (Å²) in [7, 11) is 0. The molecule has 6 aromatic carbocycles. The van der Waals surface area contributed by atoms with Crippen molar-refractivity contribution in [3.63, 3.8) is 0 Å². The molecule has 0 spiro atoms. The molecule has 4 aliphatic heterocycles. The first-order valence-electron chi connectivity index (χ1n) is 27.1. The molecule has 0 radical (unpaired) electrons. The van der Waals surface area contributed by atoms with Gasteiger partial charge in [-0.15, -0.1) is 0 Å². The first-order valence-corrected chi connectivity index (χ1v) is 27.1. The van der Waals surface area contributed by atoms with E-state index in [2.05, 4.69) is 0 Å². The zero-order chi connectivity index (χ0) is 59.3. The minimum absolute atomic E-state index is 0.0696. The van der Waals surface area contributed by atoms with E-state index in [0.29, 0.717) is 50.1 Å². The first-order chi connectivity index (χ1) is 40.3. The quantitative estimate of drug-likeness (QED) is 0.0733. The Morgan fingerprint density at radius 2 is 0.774 bits per heavy atom. The summed E-state index contributed by atoms with van der Waals surface area (Å²) in [5, 5.41) is 184. The summed E-state index contributed by atoms with van der Waals surface area (Å²) in [4.78, 5) is 0. The number of rotatable bonds is 13. The van der Waals surface area contributed by atoms with Gasteiger partial charge in [0.1, 0.15) is 131 Å². The van der Waals surface area contributed by atoms with Gasteiger partial charge in [-0.2, -0.15) is 0 Å². The van der Waals surface area contributed by atoms with Crippen molar-refractivity contribution in [3.8, 4) is 51.7 Å². The van der Waals surface area contributed by atoms with E-state index in [9.17, 15) is 86.8 Å². The van der Waals surface area contributed by atoms with Crippen molar-refractivity contribution in [2.75, 3.05) is 19.8 Å². The van der Waals surface area contributed by atoms with Crippen LogP contribution in [0.1, 0.15) is 85.8 Å². The van der Waals surface area contributed by atoms with E-state index in [1.54, 1.807) is 54.6 Å². The number of phenols is 5. The van der Waals surface area contributed by atoms with Gasteiger partial charge >= 0.3 is 0 Å². The molecule has 4 heterocycles. The molecule has 84 heavy (non-hydrogen) atoms. The number of aliphatic hydroxyl groups is 12. The van der Waals surface area contributed by atoms with E-state index in [1.165, 1.54) is 48.5 Å². The number of ether oxygens (including phenoxy) is 7. The molecule has 21 atom stereocenters. The second-order valence-electron chi connectivity index (χ2n) is 22.1. The van der Waals surface area contributed by atoms with Gasteiger partial charge in [-0.05, 0) is 88.0 Å². The molecule has 12 rings (SSSR count). The van der Waals surface area contributed by atoms with Crippen LogP contribution in [0.3, 0.4) is 0 Å². The summed E-state index contributed by atoms with van der Waals surface area (Å²) in [6, 6.07) is 27.5. The number of fused-ring (bicyclic) bond motifs is 7. The van der Waals surface area contributed by atoms with E-state index >= 15 is 0 Å². The third kappa shape index (κ3) is 9.75. The smallest absolute Gasteiger partial charge is 0.229 e. The molecule has 3 saturated heterocycles. The number of aromatic hydroxyl groups is 5. The SMILES string of the molecule is OC[C@H]1O[C@@H](Oc2ccc(C3Oc4cc(O)c5c(c4C3c3cc(O)cc(O)c3)C3C(c4ccc(O)cc4)c4c(O)cc(O[C@@H]6O[C@H](CO)[C@@H](O)[C@H](O)[C@H]6O)cc4C3C5c3ccc(O[C@@H]4O[C@H](CO)[C@@H](O)[C@H](O)[C@H]4O)cc3)cc2)[C@H](O)[C@@H](O)[C@@H]1O. The molecule has 0 amide bonds. The molecule has 2 aliphatic carbocycles. The molecular weight excluding hydrogens is 1100 g/mol. The van der Waals surface area contributed by atoms with Crippen LogP contribution in [0.4, 0.5) is 0 Å². The summed E-state index contributed by atoms with van der Waals surface area (Å²) in [6.45, 7) is -2.14. The fourth-order valence-electron chi connectivity index (χ4n) is 13.2. The Morgan fingerprint density at radius 3 is 1.25 bits per heavy atom. The minimum Gasteiger partial charge on any atom is -0.508 e. The third-order valence-electron chi connectivity index (χ3n) is 17.1. The fraction of sp³-hybridized carbons (Fsp3) is 0.400. The maximum absolute atomic E-state index is 12.7. The zero-order valence-electron chi connectivity index (χ0n) is 44.1. The second-order valence-corrected chi connectivity index (χ2v) is 22.1. The van der Waals surface area contributed by atoms with Gasteiger partial charge in [0.15, 0.2) is 0 Å². The molecule has 3 fully saturated rings. The van der Waals surface area contributed by atoms with Gasteiger partial charge in [0.25, 0.3) is 0 Å². The lowest BCUT2D eigenvalue weighted by Crippen LogP contribution is -2.60. The van der Waals surface area contributed by atoms with Crippen LogP contribution < -0.4 is 18.9 Å². The van der Waals surface area contributed by atoms with Gasteiger partial charge in [-0.3, -0.25) is 0 Å². The predicted molar refractivity (Wildman–Crippen MR) is 285 cm³/mol. The molecule has 6 aliphatic rings. The Labute approximate surface area is 477 Å². The van der Waals surface area contributed by atoms with E-state index in [4.69, 9.17) is 33.2 Å². The number of aliphatic hydroxyl groups excluding tert-OH is 12. The maximum Gasteiger partial charge on any atom is 0.229 e. The predicted octanol–water partition coefficient (Wildman–Crippen LogP) is 0.175. The Balaban J connectivity index is 1.02. The standard InChI is InChI=1S/C60H62O24/c61-19-36-48(69)51(72)54(75)58(82-36)78-29-9-3-23(4-10-29)40-43-32-16-31(80-60-56(77)53(74)50(71)38(21-63)84-60)17-33(67)42(32)39(22-1-7-26(64)8-2-22)46(43)47-44(40)34(68)18-35-45(47)41(25-13-27(65)15-28(66)14-25)57(81-35)24-5-11-30(12-6-24)79-59-55(76)52(73)49(70)37(20-62)83-59/h1-18,36-41,43,46,48-77H,19-21H2/t36-,37-,38-,39?,40?,41?,43?,46?,48-,49-,50-,51+,52+,53+,54-,55-,56-,57?,58-,59-,60-/m1/s1. The lowest BCUT2D eigenvalue weighted by Gasteiger charge is -2.39. The largest absolute Gasteiger partial charge is 0.508 e. The summed E-state index contributed by atoms with van der Waals surface area (Å²) in [6.07, 6.45) is -25.1. The summed E-state index contributed by atoms with van der Waals surface area (Å²) >= 11 is 0. The van der Waals surface area contributed by atoms with E-state index < -0.39 is 148 Å². The molecule has 6 unspecified atom stereocenters. The van der Waals surface area contributed by atoms with Crippen LogP contribution in [0.15, 0.2) is 109 Å². The van der Waals surface area contributed by atoms with Crippen molar-refractivity contribution in [1.82, 2.24) is 0 Å². The van der Waals surface area contributed by atoms with Crippen LogP contribution >= 0.6 is 0 Å². The van der Waals surface area contributed by atoms with Crippen molar-refractivity contribution in [1.29, 1.82) is 0 Å². The average Bonchev–Trinajstić information content (AvgIpc) is 1.54. The van der Waals surface area contributed by atoms with Gasteiger partial charge in [-0.25, -0.2) is 0 Å². The van der Waals surface area contributed by atoms with Crippen LogP contribution in [-0.4, -0.2) is 199 Å². The Morgan fingerprint density at radius 1 is 0.345 bits per heavy atom. The van der Waals surface area contributed by atoms with Crippen molar-refractivity contribution in [2.45, 2.75) is 128 Å². The van der Waals surface area contributed by atoms with Crippen molar-refractivity contribution in [3.05, 3.63) is 159 Å². The zero-order valence-corrected chi connectivity index (χ0v) is 44.1. The first kappa shape index (κ1) is 57.4. The lowest BCUT2D eigenvalue weighted by molar-refractivity contribution is -0.277. The third-order valence-corrected chi connectivity index (χ3v) is 17.1. The van der Waals surface area contributed by atoms with Crippen molar-refractivity contribution < 1.29 is 120 Å². The van der Waals surface area contributed by atoms with Crippen molar-refractivity contribution >= 4 is 0 Å². The number of benzene rings is 6. The summed E-state index contributed by atoms with van der Waals surface area (Å²) in [5.41, 5.74) is 4.19. The number of hydrogen-bond donors (Lipinski definition) is 17. The van der Waals surface area contributed by atoms with Gasteiger partial charge in [0.2, 0.25) is 18.9 Å². The van der Waals surface area contributed by atoms with Crippen LogP contribution in [0.5, 0.6) is 51.7 Å². The van der Waals surface area contributed by atoms with Gasteiger partial charge in [0, 0.05) is 58.6 Å². The molecule has 0 bridgehead atoms. The molecule has 446 valence electrons. The van der Waals surface area contributed by atoms with Crippen LogP contribution in [0, 0.1) is 0 Å². The Bertz CT molecular complexity index is 3340. The Hall–Kier alpha value is -7.08. The fourth-order valence-corrected chi connectivity index (χ4v) is 13.2. The van der Waals surface area contributed by atoms with Crippen molar-refractivity contribution in [2.24, 2.45) is 0 Å². The summed E-state index contributed by atoms with van der Waals surface area (Å²) < 4.78 is 41.9. The van der Waals surface area contributed by atoms with Crippen LogP contribution in [-0.2, 0) is 14.2 Å². The molecule has 0 saturated carbocycles. The van der Waals surface area contributed by atoms with Gasteiger partial charge < -0.3 is 120 Å². The normalized spacial score (nSPS) is 34.9. The number of hydrogen-bond acceptors (Lipinski definition) is 24. The topological polar surface area (TPSA) is 409 Å². The van der Waals surface area contributed by atoms with Crippen LogP contribution in [0.2, 0.25) is 0 Å². The van der Waals surface area contributed by atoms with Gasteiger partial charge in [-0.1, -0.05) is 36.4 Å². The molecule has 17 N–H and O–H groups in total. The summed E-state index contributed by atoms with van der Waals surface area (Å²) in [5.74, 6) is -5.11. The van der Waals surface area contributed by atoms with Crippen LogP contribution in [0.25, 0.3) is 0 Å². The Kier molecular flexibility index (Phi) is 15.3. The minimum atomic E-state index is -1.84. The highest BCUT2D eigenvalue weighted by atomic mass is 16.7. The van der Waals surface area contributed by atoms with E-state index in [-0.39, 0.29) is 51.7 Å². The monoisotopic (exact) mass is 1170 g/mol. The molecule has 24 nitrogen and oxygen atoms in total. The highest BCUT2D eigenvalue weighted by Gasteiger charge is 2.58. The van der Waals surface area contributed by atoms with E-state index in [0.717, 1.165) is 6.07 Å². The molecule has 24 heteroatoms. The molecular formula is C60H62O24. The highest BCUT2D eigenvalue weighted by Crippen LogP contribution is 2.72. The lowest BCUT2D eigenvalue weighted by atomic mass is 9.75. The number of phenolic OH excluding ortho intramolecular Hbond substituents is 5. The van der Waals surface area contributed by atoms with E-state index in [1.807, 2.05) is 0 Å². The molecule has 0 aromatic heterocycles. The van der Waals surface area contributed by atoms with Gasteiger partial charge in [0.05, 0.1) is 25.7 Å². The second kappa shape index (κ2) is 22.4. The highest BCUT2D eigenvalue weighted by molar-refractivity contribution is 5.73.